The van der Waals surface area contributed by atoms with Gasteiger partial charge in [-0.1, -0.05) is 63.4 Å². The normalized spacial score (nSPS) is 10.6. The average Bonchev–Trinajstić information content (AvgIpc) is 2.47. The summed E-state index contributed by atoms with van der Waals surface area (Å²) in [6.07, 6.45) is 10.7. The average molecular weight is 312 g/mol. The molecule has 0 fully saturated rings. The predicted octanol–water partition coefficient (Wildman–Crippen LogP) is 5.72. The maximum Gasteiger partial charge on any atom is -0.00187 e. The van der Waals surface area contributed by atoms with Crippen LogP contribution in [0.2, 0.25) is 0 Å². The van der Waals surface area contributed by atoms with Gasteiger partial charge in [0.1, 0.15) is 0 Å². The van der Waals surface area contributed by atoms with Gasteiger partial charge in [-0.3, -0.25) is 0 Å². The van der Waals surface area contributed by atoms with E-state index in [1.807, 2.05) is 0 Å². The molecule has 1 nitrogen and oxygen atoms in total. The Kier molecular flexibility index (Phi) is 14.0. The van der Waals surface area contributed by atoms with Crippen LogP contribution in [0.3, 0.4) is 0 Å². The largest absolute Gasteiger partial charge is 0.303 e. The van der Waals surface area contributed by atoms with Gasteiger partial charge >= 0.3 is 0 Å². The van der Waals surface area contributed by atoms with E-state index < -0.39 is 0 Å². The van der Waals surface area contributed by atoms with E-state index in [0.717, 1.165) is 0 Å². The Balaban J connectivity index is 0.00000400. The molecule has 21 heavy (non-hydrogen) atoms. The molecule has 0 heterocycles. The van der Waals surface area contributed by atoms with E-state index in [-0.39, 0.29) is 12.4 Å². The molecule has 0 bridgehead atoms. The van der Waals surface area contributed by atoms with Gasteiger partial charge in [0.15, 0.2) is 0 Å². The fourth-order valence-corrected chi connectivity index (χ4v) is 2.81. The number of hydrogen-bond donors (Lipinski definition) is 0. The zero-order valence-electron chi connectivity index (χ0n) is 14.0. The summed E-state index contributed by atoms with van der Waals surface area (Å²) in [4.78, 5) is 2.63. The molecule has 1 aromatic carbocycles. The van der Waals surface area contributed by atoms with Gasteiger partial charge in [-0.2, -0.15) is 0 Å². The van der Waals surface area contributed by atoms with Crippen molar-refractivity contribution in [2.24, 2.45) is 0 Å². The standard InChI is InChI=1S/C19H33N.ClH/c1-3-16-20(17-4-2)18-12-7-5-6-9-13-19-14-10-8-11-15-19;/h8,10-11,14-15H,3-7,9,12-13,16-18H2,1-2H3;1H. The van der Waals surface area contributed by atoms with Gasteiger partial charge in [0.05, 0.1) is 0 Å². The highest BCUT2D eigenvalue weighted by Crippen LogP contribution is 2.09. The van der Waals surface area contributed by atoms with Crippen LogP contribution < -0.4 is 0 Å². The second-order valence-electron chi connectivity index (χ2n) is 5.85. The SMILES string of the molecule is CCCN(CCC)CCCCCCCc1ccccc1.Cl. The fourth-order valence-electron chi connectivity index (χ4n) is 2.81. The molecule has 0 atom stereocenters. The van der Waals surface area contributed by atoms with Crippen LogP contribution in [-0.2, 0) is 6.42 Å². The molecule has 0 unspecified atom stereocenters. The van der Waals surface area contributed by atoms with Crippen LogP contribution in [0.4, 0.5) is 0 Å². The Morgan fingerprint density at radius 1 is 0.714 bits per heavy atom. The van der Waals surface area contributed by atoms with Crippen molar-refractivity contribution in [2.75, 3.05) is 19.6 Å². The first-order chi connectivity index (χ1) is 9.86. The highest BCUT2D eigenvalue weighted by atomic mass is 35.5. The molecule has 0 aliphatic carbocycles. The minimum absolute atomic E-state index is 0. The zero-order chi connectivity index (χ0) is 14.5. The summed E-state index contributed by atoms with van der Waals surface area (Å²) in [6, 6.07) is 10.9. The summed E-state index contributed by atoms with van der Waals surface area (Å²) in [6.45, 7) is 8.43. The smallest absolute Gasteiger partial charge is 0.00187 e. The second kappa shape index (κ2) is 14.4. The van der Waals surface area contributed by atoms with Gasteiger partial charge in [-0.25, -0.2) is 0 Å². The lowest BCUT2D eigenvalue weighted by atomic mass is 10.1. The molecular weight excluding hydrogens is 278 g/mol. The first-order valence-corrected chi connectivity index (χ1v) is 8.63. The lowest BCUT2D eigenvalue weighted by molar-refractivity contribution is 0.268. The molecule has 122 valence electrons. The Labute approximate surface area is 138 Å². The van der Waals surface area contributed by atoms with E-state index in [2.05, 4.69) is 49.1 Å². The van der Waals surface area contributed by atoms with Crippen LogP contribution in [0, 0.1) is 0 Å². The molecule has 0 spiro atoms. The van der Waals surface area contributed by atoms with Gasteiger partial charge in [0, 0.05) is 0 Å². The highest BCUT2D eigenvalue weighted by Gasteiger charge is 2.01. The third-order valence-corrected chi connectivity index (χ3v) is 3.86. The minimum atomic E-state index is 0. The Morgan fingerprint density at radius 2 is 1.29 bits per heavy atom. The van der Waals surface area contributed by atoms with Crippen molar-refractivity contribution >= 4 is 12.4 Å². The van der Waals surface area contributed by atoms with Gasteiger partial charge in [-0.15, -0.1) is 12.4 Å². The van der Waals surface area contributed by atoms with Crippen LogP contribution in [-0.4, -0.2) is 24.5 Å². The van der Waals surface area contributed by atoms with E-state index in [1.165, 1.54) is 76.6 Å². The third kappa shape index (κ3) is 10.8. The molecular formula is C19H34ClN. The van der Waals surface area contributed by atoms with Crippen molar-refractivity contribution in [1.82, 2.24) is 4.90 Å². The molecule has 0 saturated carbocycles. The van der Waals surface area contributed by atoms with Crippen LogP contribution >= 0.6 is 12.4 Å². The lowest BCUT2D eigenvalue weighted by Gasteiger charge is -2.20. The van der Waals surface area contributed by atoms with Crippen molar-refractivity contribution in [2.45, 2.75) is 65.2 Å². The number of halogens is 1. The number of rotatable bonds is 12. The van der Waals surface area contributed by atoms with Gasteiger partial charge in [0.25, 0.3) is 0 Å². The van der Waals surface area contributed by atoms with Gasteiger partial charge in [0.2, 0.25) is 0 Å². The highest BCUT2D eigenvalue weighted by molar-refractivity contribution is 5.85. The molecule has 2 heteroatoms. The predicted molar refractivity (Wildman–Crippen MR) is 97.5 cm³/mol. The summed E-state index contributed by atoms with van der Waals surface area (Å²) in [5, 5.41) is 0. The van der Waals surface area contributed by atoms with E-state index >= 15 is 0 Å². The Bertz CT molecular complexity index is 307. The number of benzene rings is 1. The van der Waals surface area contributed by atoms with Crippen LogP contribution in [0.15, 0.2) is 30.3 Å². The van der Waals surface area contributed by atoms with Crippen molar-refractivity contribution < 1.29 is 0 Å². The maximum absolute atomic E-state index is 2.63. The van der Waals surface area contributed by atoms with Gasteiger partial charge in [-0.05, 0) is 57.3 Å². The molecule has 0 radical (unpaired) electrons. The van der Waals surface area contributed by atoms with Crippen molar-refractivity contribution in [3.05, 3.63) is 35.9 Å². The topological polar surface area (TPSA) is 3.24 Å². The molecule has 0 aliphatic heterocycles. The van der Waals surface area contributed by atoms with Gasteiger partial charge < -0.3 is 4.90 Å². The maximum atomic E-state index is 2.63. The summed E-state index contributed by atoms with van der Waals surface area (Å²) in [7, 11) is 0. The molecule has 0 aromatic heterocycles. The van der Waals surface area contributed by atoms with E-state index in [0.29, 0.717) is 0 Å². The summed E-state index contributed by atoms with van der Waals surface area (Å²) in [5.41, 5.74) is 1.49. The Morgan fingerprint density at radius 3 is 1.90 bits per heavy atom. The molecule has 0 saturated heterocycles. The molecule has 0 N–H and O–H groups in total. The molecule has 0 aliphatic rings. The number of nitrogens with zero attached hydrogens (tertiary/aromatic N) is 1. The number of hydrogen-bond acceptors (Lipinski definition) is 1. The summed E-state index contributed by atoms with van der Waals surface area (Å²) < 4.78 is 0. The first-order valence-electron chi connectivity index (χ1n) is 8.63. The fraction of sp³-hybridized carbons (Fsp3) is 0.684. The van der Waals surface area contributed by atoms with Crippen LogP contribution in [0.25, 0.3) is 0 Å². The van der Waals surface area contributed by atoms with E-state index in [1.54, 1.807) is 0 Å². The second-order valence-corrected chi connectivity index (χ2v) is 5.85. The number of aryl methyl sites for hydroxylation is 1. The lowest BCUT2D eigenvalue weighted by Crippen LogP contribution is -2.26. The monoisotopic (exact) mass is 311 g/mol. The van der Waals surface area contributed by atoms with Crippen LogP contribution in [0.1, 0.15) is 64.4 Å². The zero-order valence-corrected chi connectivity index (χ0v) is 14.8. The van der Waals surface area contributed by atoms with E-state index in [9.17, 15) is 0 Å². The van der Waals surface area contributed by atoms with Crippen LogP contribution in [0.5, 0.6) is 0 Å². The van der Waals surface area contributed by atoms with E-state index in [4.69, 9.17) is 0 Å². The summed E-state index contributed by atoms with van der Waals surface area (Å²) >= 11 is 0. The minimum Gasteiger partial charge on any atom is -0.303 e. The quantitative estimate of drug-likeness (QED) is 0.446. The Hall–Kier alpha value is -0.530. The molecule has 0 amide bonds. The molecule has 1 rings (SSSR count). The molecule has 1 aromatic rings. The van der Waals surface area contributed by atoms with Crippen molar-refractivity contribution in [3.8, 4) is 0 Å². The first kappa shape index (κ1) is 20.5. The number of unbranched alkanes of at least 4 members (excludes halogenated alkanes) is 4. The van der Waals surface area contributed by atoms with Crippen molar-refractivity contribution in [1.29, 1.82) is 0 Å². The third-order valence-electron chi connectivity index (χ3n) is 3.86. The summed E-state index contributed by atoms with van der Waals surface area (Å²) in [5.74, 6) is 0. The van der Waals surface area contributed by atoms with Crippen molar-refractivity contribution in [3.63, 3.8) is 0 Å².